The van der Waals surface area contributed by atoms with E-state index in [-0.39, 0.29) is 11.5 Å². The lowest BCUT2D eigenvalue weighted by Gasteiger charge is -2.00. The van der Waals surface area contributed by atoms with Crippen LogP contribution >= 0.6 is 11.8 Å². The highest BCUT2D eigenvalue weighted by Gasteiger charge is 2.11. The SMILES string of the molecule is CCCS(=O)(=O)CCSc1nc2cc(N)ccc2o1. The van der Waals surface area contributed by atoms with Crippen molar-refractivity contribution in [3.63, 3.8) is 0 Å². The number of nitrogens with zero attached hydrogens (tertiary/aromatic N) is 1. The quantitative estimate of drug-likeness (QED) is 0.651. The molecule has 0 unspecified atom stereocenters. The van der Waals surface area contributed by atoms with Crippen molar-refractivity contribution in [3.05, 3.63) is 18.2 Å². The minimum absolute atomic E-state index is 0.145. The normalized spacial score (nSPS) is 12.1. The molecule has 1 aromatic carbocycles. The van der Waals surface area contributed by atoms with E-state index in [1.165, 1.54) is 11.8 Å². The van der Waals surface area contributed by atoms with Gasteiger partial charge in [0.25, 0.3) is 5.22 Å². The maximum Gasteiger partial charge on any atom is 0.256 e. The minimum Gasteiger partial charge on any atom is -0.431 e. The van der Waals surface area contributed by atoms with Gasteiger partial charge in [0.15, 0.2) is 15.4 Å². The van der Waals surface area contributed by atoms with Crippen LogP contribution in [-0.4, -0.2) is 30.7 Å². The molecule has 0 fully saturated rings. The van der Waals surface area contributed by atoms with Crippen LogP contribution in [0, 0.1) is 0 Å². The van der Waals surface area contributed by atoms with Crippen molar-refractivity contribution in [2.24, 2.45) is 0 Å². The smallest absolute Gasteiger partial charge is 0.256 e. The van der Waals surface area contributed by atoms with Crippen molar-refractivity contribution in [3.8, 4) is 0 Å². The van der Waals surface area contributed by atoms with Crippen molar-refractivity contribution in [2.75, 3.05) is 23.0 Å². The zero-order valence-corrected chi connectivity index (χ0v) is 12.3. The van der Waals surface area contributed by atoms with Gasteiger partial charge in [0, 0.05) is 17.2 Å². The Morgan fingerprint density at radius 1 is 1.37 bits per heavy atom. The summed E-state index contributed by atoms with van der Waals surface area (Å²) < 4.78 is 28.6. The van der Waals surface area contributed by atoms with E-state index in [2.05, 4.69) is 4.98 Å². The molecular formula is C12H16N2O3S2. The summed E-state index contributed by atoms with van der Waals surface area (Å²) in [6.07, 6.45) is 0.648. The zero-order chi connectivity index (χ0) is 13.9. The molecule has 0 bridgehead atoms. The summed E-state index contributed by atoms with van der Waals surface area (Å²) in [5.74, 6) is 0.828. The molecule has 1 heterocycles. The number of fused-ring (bicyclic) bond motifs is 1. The van der Waals surface area contributed by atoms with Gasteiger partial charge in [-0.15, -0.1) is 0 Å². The number of thioether (sulfide) groups is 1. The molecule has 0 aliphatic rings. The maximum atomic E-state index is 11.6. The van der Waals surface area contributed by atoms with Gasteiger partial charge in [-0.1, -0.05) is 18.7 Å². The number of oxazole rings is 1. The topological polar surface area (TPSA) is 86.2 Å². The second kappa shape index (κ2) is 5.83. The Hall–Kier alpha value is -1.21. The van der Waals surface area contributed by atoms with Crippen LogP contribution in [0.5, 0.6) is 0 Å². The van der Waals surface area contributed by atoms with E-state index < -0.39 is 9.84 Å². The van der Waals surface area contributed by atoms with Gasteiger partial charge < -0.3 is 10.2 Å². The average molecular weight is 300 g/mol. The van der Waals surface area contributed by atoms with Gasteiger partial charge in [-0.05, 0) is 24.6 Å². The molecule has 0 saturated heterocycles. The lowest BCUT2D eigenvalue weighted by atomic mass is 10.3. The van der Waals surface area contributed by atoms with Crippen LogP contribution in [0.25, 0.3) is 11.1 Å². The van der Waals surface area contributed by atoms with Crippen LogP contribution in [0.15, 0.2) is 27.8 Å². The monoisotopic (exact) mass is 300 g/mol. The molecule has 2 rings (SSSR count). The number of aromatic nitrogens is 1. The Morgan fingerprint density at radius 3 is 2.89 bits per heavy atom. The first-order valence-corrected chi connectivity index (χ1v) is 8.80. The molecular weight excluding hydrogens is 284 g/mol. The Bertz CT molecular complexity index is 665. The number of nitrogen functional groups attached to an aromatic ring is 1. The Morgan fingerprint density at radius 2 is 2.16 bits per heavy atom. The molecule has 0 aliphatic carbocycles. The average Bonchev–Trinajstić information content (AvgIpc) is 2.70. The summed E-state index contributed by atoms with van der Waals surface area (Å²) in [6.45, 7) is 1.86. The molecule has 104 valence electrons. The zero-order valence-electron chi connectivity index (χ0n) is 10.6. The lowest BCUT2D eigenvalue weighted by Crippen LogP contribution is -2.12. The molecule has 2 N–H and O–H groups in total. The summed E-state index contributed by atoms with van der Waals surface area (Å²) in [7, 11) is -2.95. The molecule has 5 nitrogen and oxygen atoms in total. The van der Waals surface area contributed by atoms with Gasteiger partial charge in [0.1, 0.15) is 5.52 Å². The number of benzene rings is 1. The second-order valence-electron chi connectivity index (χ2n) is 4.21. The summed E-state index contributed by atoms with van der Waals surface area (Å²) in [6, 6.07) is 5.24. The third-order valence-electron chi connectivity index (χ3n) is 2.53. The van der Waals surface area contributed by atoms with Gasteiger partial charge >= 0.3 is 0 Å². The molecule has 7 heteroatoms. The number of nitrogens with two attached hydrogens (primary N) is 1. The lowest BCUT2D eigenvalue weighted by molar-refractivity contribution is 0.489. The molecule has 0 spiro atoms. The summed E-state index contributed by atoms with van der Waals surface area (Å²) >= 11 is 1.31. The van der Waals surface area contributed by atoms with E-state index in [9.17, 15) is 8.42 Å². The Labute approximate surface area is 116 Å². The van der Waals surface area contributed by atoms with Crippen molar-refractivity contribution in [2.45, 2.75) is 18.6 Å². The fraction of sp³-hybridized carbons (Fsp3) is 0.417. The maximum absolute atomic E-state index is 11.6. The molecule has 19 heavy (non-hydrogen) atoms. The van der Waals surface area contributed by atoms with Crippen molar-refractivity contribution < 1.29 is 12.8 Å². The third kappa shape index (κ3) is 3.87. The number of anilines is 1. The van der Waals surface area contributed by atoms with Crippen LogP contribution in [-0.2, 0) is 9.84 Å². The molecule has 1 aromatic heterocycles. The standard InChI is InChI=1S/C12H16N2O3S2/c1-2-6-19(15,16)7-5-18-12-14-10-8-9(13)3-4-11(10)17-12/h3-4,8H,2,5-7,13H2,1H3. The van der Waals surface area contributed by atoms with E-state index in [0.29, 0.717) is 34.2 Å². The minimum atomic E-state index is -2.95. The fourth-order valence-corrected chi connectivity index (χ4v) is 4.32. The van der Waals surface area contributed by atoms with E-state index >= 15 is 0 Å². The predicted molar refractivity (Wildman–Crippen MR) is 78.1 cm³/mol. The highest BCUT2D eigenvalue weighted by Crippen LogP contribution is 2.24. The van der Waals surface area contributed by atoms with E-state index in [4.69, 9.17) is 10.2 Å². The number of hydrogen-bond acceptors (Lipinski definition) is 6. The van der Waals surface area contributed by atoms with E-state index in [1.54, 1.807) is 18.2 Å². The van der Waals surface area contributed by atoms with Gasteiger partial charge in [-0.25, -0.2) is 13.4 Å². The van der Waals surface area contributed by atoms with Gasteiger partial charge in [0.05, 0.1) is 5.75 Å². The van der Waals surface area contributed by atoms with Crippen molar-refractivity contribution in [1.82, 2.24) is 4.98 Å². The molecule has 0 aliphatic heterocycles. The predicted octanol–water partition coefficient (Wildman–Crippen LogP) is 2.33. The van der Waals surface area contributed by atoms with Gasteiger partial charge in [0.2, 0.25) is 0 Å². The van der Waals surface area contributed by atoms with Crippen LogP contribution in [0.2, 0.25) is 0 Å². The molecule has 0 radical (unpaired) electrons. The summed E-state index contributed by atoms with van der Waals surface area (Å²) in [5.41, 5.74) is 7.64. The van der Waals surface area contributed by atoms with E-state index in [0.717, 1.165) is 0 Å². The molecule has 0 amide bonds. The van der Waals surface area contributed by atoms with E-state index in [1.807, 2.05) is 6.92 Å². The molecule has 2 aromatic rings. The molecule has 0 saturated carbocycles. The largest absolute Gasteiger partial charge is 0.431 e. The van der Waals surface area contributed by atoms with Crippen molar-refractivity contribution >= 4 is 38.4 Å². The molecule has 0 atom stereocenters. The number of hydrogen-bond donors (Lipinski definition) is 1. The number of rotatable bonds is 6. The van der Waals surface area contributed by atoms with Gasteiger partial charge in [-0.2, -0.15) is 0 Å². The summed E-state index contributed by atoms with van der Waals surface area (Å²) in [5, 5.41) is 0.479. The first-order valence-electron chi connectivity index (χ1n) is 5.99. The number of sulfone groups is 1. The van der Waals surface area contributed by atoms with Crippen LogP contribution in [0.3, 0.4) is 0 Å². The van der Waals surface area contributed by atoms with Crippen LogP contribution in [0.1, 0.15) is 13.3 Å². The highest BCUT2D eigenvalue weighted by atomic mass is 32.2. The highest BCUT2D eigenvalue weighted by molar-refractivity contribution is 8.00. The van der Waals surface area contributed by atoms with Crippen molar-refractivity contribution in [1.29, 1.82) is 0 Å². The first kappa shape index (κ1) is 14.2. The second-order valence-corrected chi connectivity index (χ2v) is 7.56. The van der Waals surface area contributed by atoms with Gasteiger partial charge in [-0.3, -0.25) is 0 Å². The third-order valence-corrected chi connectivity index (χ3v) is 5.47. The Balaban J connectivity index is 1.99. The summed E-state index contributed by atoms with van der Waals surface area (Å²) in [4.78, 5) is 4.26. The van der Waals surface area contributed by atoms with Crippen LogP contribution in [0.4, 0.5) is 5.69 Å². The first-order chi connectivity index (χ1) is 9.00. The van der Waals surface area contributed by atoms with Crippen LogP contribution < -0.4 is 5.73 Å². The fourth-order valence-electron chi connectivity index (χ4n) is 1.65. The Kier molecular flexibility index (Phi) is 4.36.